The van der Waals surface area contributed by atoms with E-state index in [0.717, 1.165) is 31.1 Å². The molecule has 4 bridgehead atoms. The highest BCUT2D eigenvalue weighted by Crippen LogP contribution is 2.63. The van der Waals surface area contributed by atoms with Crippen LogP contribution in [0.5, 0.6) is 0 Å². The molecule has 4 aliphatic carbocycles. The lowest BCUT2D eigenvalue weighted by Crippen LogP contribution is -2.57. The van der Waals surface area contributed by atoms with E-state index in [4.69, 9.17) is 4.74 Å². The molecule has 90 valence electrons. The zero-order valence-electron chi connectivity index (χ0n) is 10.4. The van der Waals surface area contributed by atoms with Crippen LogP contribution in [0.2, 0.25) is 0 Å². The first-order chi connectivity index (χ1) is 7.55. The summed E-state index contributed by atoms with van der Waals surface area (Å²) in [5, 5.41) is 0. The molecule has 16 heavy (non-hydrogen) atoms. The van der Waals surface area contributed by atoms with Gasteiger partial charge in [0.2, 0.25) is 0 Å². The van der Waals surface area contributed by atoms with Crippen LogP contribution < -0.4 is 0 Å². The fourth-order valence-corrected chi connectivity index (χ4v) is 5.20. The summed E-state index contributed by atoms with van der Waals surface area (Å²) >= 11 is 0. The quantitative estimate of drug-likeness (QED) is 0.670. The van der Waals surface area contributed by atoms with E-state index in [1.807, 2.05) is 0 Å². The van der Waals surface area contributed by atoms with Gasteiger partial charge in [0.1, 0.15) is 5.60 Å². The first kappa shape index (κ1) is 10.6. The van der Waals surface area contributed by atoms with Crippen LogP contribution in [0.15, 0.2) is 0 Å². The number of rotatable bonds is 2. The van der Waals surface area contributed by atoms with E-state index in [2.05, 4.69) is 6.92 Å². The molecule has 0 amide bonds. The van der Waals surface area contributed by atoms with Crippen LogP contribution in [0.3, 0.4) is 0 Å². The molecular formula is C14H22O2. The number of ether oxygens (including phenoxy) is 1. The second-order valence-corrected chi connectivity index (χ2v) is 6.59. The fraction of sp³-hybridized carbons (Fsp3) is 0.929. The number of hydrogen-bond acceptors (Lipinski definition) is 2. The molecule has 0 aromatic carbocycles. The van der Waals surface area contributed by atoms with Crippen molar-refractivity contribution in [2.45, 2.75) is 64.4 Å². The maximum atomic E-state index is 11.3. The van der Waals surface area contributed by atoms with Gasteiger partial charge in [-0.2, -0.15) is 0 Å². The lowest BCUT2D eigenvalue weighted by molar-refractivity contribution is -0.200. The van der Waals surface area contributed by atoms with Gasteiger partial charge in [-0.05, 0) is 55.8 Å². The van der Waals surface area contributed by atoms with Gasteiger partial charge in [-0.1, -0.05) is 13.3 Å². The third-order valence-electron chi connectivity index (χ3n) is 5.24. The van der Waals surface area contributed by atoms with Gasteiger partial charge in [-0.25, -0.2) is 0 Å². The molecule has 4 saturated carbocycles. The van der Waals surface area contributed by atoms with Crippen LogP contribution in [0, 0.1) is 17.3 Å². The molecule has 2 nitrogen and oxygen atoms in total. The number of esters is 1. The molecule has 2 atom stereocenters. The van der Waals surface area contributed by atoms with Crippen molar-refractivity contribution >= 4 is 5.97 Å². The van der Waals surface area contributed by atoms with Crippen LogP contribution in [0.25, 0.3) is 0 Å². The predicted molar refractivity (Wildman–Crippen MR) is 61.9 cm³/mol. The van der Waals surface area contributed by atoms with Gasteiger partial charge >= 0.3 is 5.97 Å². The van der Waals surface area contributed by atoms with E-state index in [1.54, 1.807) is 6.92 Å². The minimum atomic E-state index is -0.0757. The number of carbonyl (C=O) groups excluding carboxylic acids is 1. The molecule has 0 saturated heterocycles. The Hall–Kier alpha value is -0.530. The molecule has 0 aromatic heterocycles. The zero-order valence-corrected chi connectivity index (χ0v) is 10.4. The second-order valence-electron chi connectivity index (χ2n) is 6.59. The van der Waals surface area contributed by atoms with Crippen molar-refractivity contribution in [1.29, 1.82) is 0 Å². The van der Waals surface area contributed by atoms with E-state index < -0.39 is 0 Å². The third-order valence-corrected chi connectivity index (χ3v) is 5.24. The first-order valence-electron chi connectivity index (χ1n) is 6.74. The average molecular weight is 222 g/mol. The standard InChI is InChI=1S/C14H22O2/c1-3-13-5-11-4-12(6-13)8-14(7-11,9-13)16-10(2)15/h11-12H,3-9H2,1-2H3. The Morgan fingerprint density at radius 3 is 2.38 bits per heavy atom. The molecule has 0 heterocycles. The summed E-state index contributed by atoms with van der Waals surface area (Å²) < 4.78 is 5.74. The summed E-state index contributed by atoms with van der Waals surface area (Å²) in [5.74, 6) is 1.59. The normalized spacial score (nSPS) is 49.4. The highest BCUT2D eigenvalue weighted by molar-refractivity contribution is 5.66. The van der Waals surface area contributed by atoms with Crippen LogP contribution in [0.1, 0.15) is 58.8 Å². The van der Waals surface area contributed by atoms with Gasteiger partial charge in [-0.3, -0.25) is 4.79 Å². The lowest BCUT2D eigenvalue weighted by Gasteiger charge is -2.61. The van der Waals surface area contributed by atoms with E-state index >= 15 is 0 Å². The molecule has 0 spiro atoms. The van der Waals surface area contributed by atoms with Crippen molar-refractivity contribution in [2.24, 2.45) is 17.3 Å². The highest BCUT2D eigenvalue weighted by Gasteiger charge is 2.58. The van der Waals surface area contributed by atoms with Crippen LogP contribution >= 0.6 is 0 Å². The zero-order chi connectivity index (χ0) is 11.4. The van der Waals surface area contributed by atoms with Gasteiger partial charge < -0.3 is 4.74 Å². The Bertz CT molecular complexity index is 307. The van der Waals surface area contributed by atoms with Crippen molar-refractivity contribution in [3.05, 3.63) is 0 Å². The summed E-state index contributed by atoms with van der Waals surface area (Å²) in [6, 6.07) is 0. The fourth-order valence-electron chi connectivity index (χ4n) is 5.20. The molecule has 2 unspecified atom stereocenters. The van der Waals surface area contributed by atoms with Crippen LogP contribution in [-0.2, 0) is 9.53 Å². The van der Waals surface area contributed by atoms with Crippen molar-refractivity contribution in [3.8, 4) is 0 Å². The molecule has 4 rings (SSSR count). The van der Waals surface area contributed by atoms with E-state index in [0.29, 0.717) is 5.41 Å². The summed E-state index contributed by atoms with van der Waals surface area (Å²) in [6.07, 6.45) is 8.87. The highest BCUT2D eigenvalue weighted by atomic mass is 16.6. The van der Waals surface area contributed by atoms with E-state index in [9.17, 15) is 4.79 Å². The Kier molecular flexibility index (Phi) is 2.15. The molecule has 4 fully saturated rings. The Morgan fingerprint density at radius 2 is 1.88 bits per heavy atom. The topological polar surface area (TPSA) is 26.3 Å². The van der Waals surface area contributed by atoms with Gasteiger partial charge in [-0.15, -0.1) is 0 Å². The minimum Gasteiger partial charge on any atom is -0.459 e. The summed E-state index contributed by atoms with van der Waals surface area (Å²) in [7, 11) is 0. The number of hydrogen-bond donors (Lipinski definition) is 0. The Labute approximate surface area is 97.7 Å². The monoisotopic (exact) mass is 222 g/mol. The summed E-state index contributed by atoms with van der Waals surface area (Å²) in [6.45, 7) is 3.88. The molecule has 0 radical (unpaired) electrons. The second kappa shape index (κ2) is 3.24. The largest absolute Gasteiger partial charge is 0.459 e. The Morgan fingerprint density at radius 1 is 1.25 bits per heavy atom. The average Bonchev–Trinajstić information content (AvgIpc) is 2.13. The van der Waals surface area contributed by atoms with Crippen molar-refractivity contribution in [2.75, 3.05) is 0 Å². The van der Waals surface area contributed by atoms with Gasteiger partial charge in [0.15, 0.2) is 0 Å². The molecule has 0 N–H and O–H groups in total. The third kappa shape index (κ3) is 1.49. The SMILES string of the molecule is CCC12CC3CC(C1)CC(OC(C)=O)(C3)C2. The van der Waals surface area contributed by atoms with Crippen LogP contribution in [-0.4, -0.2) is 11.6 Å². The van der Waals surface area contributed by atoms with Gasteiger partial charge in [0, 0.05) is 6.92 Å². The Balaban J connectivity index is 1.89. The lowest BCUT2D eigenvalue weighted by atomic mass is 9.47. The van der Waals surface area contributed by atoms with Crippen LogP contribution in [0.4, 0.5) is 0 Å². The van der Waals surface area contributed by atoms with Crippen molar-refractivity contribution in [1.82, 2.24) is 0 Å². The molecule has 0 aromatic rings. The van der Waals surface area contributed by atoms with Crippen molar-refractivity contribution in [3.63, 3.8) is 0 Å². The predicted octanol–water partition coefficient (Wildman–Crippen LogP) is 3.30. The minimum absolute atomic E-state index is 0.0636. The van der Waals surface area contributed by atoms with Gasteiger partial charge in [0.05, 0.1) is 0 Å². The first-order valence-corrected chi connectivity index (χ1v) is 6.74. The maximum absolute atomic E-state index is 11.3. The van der Waals surface area contributed by atoms with Crippen molar-refractivity contribution < 1.29 is 9.53 Å². The number of carbonyl (C=O) groups is 1. The summed E-state index contributed by atoms with van der Waals surface area (Å²) in [5.41, 5.74) is 0.450. The summed E-state index contributed by atoms with van der Waals surface area (Å²) in [4.78, 5) is 11.3. The molecular weight excluding hydrogens is 200 g/mol. The molecule has 0 aliphatic heterocycles. The van der Waals surface area contributed by atoms with E-state index in [-0.39, 0.29) is 11.6 Å². The smallest absolute Gasteiger partial charge is 0.303 e. The van der Waals surface area contributed by atoms with E-state index in [1.165, 1.54) is 25.7 Å². The van der Waals surface area contributed by atoms with Gasteiger partial charge in [0.25, 0.3) is 0 Å². The molecule has 2 heteroatoms. The maximum Gasteiger partial charge on any atom is 0.303 e. The molecule has 4 aliphatic rings.